The molecule has 2 N–H and O–H groups in total. The molecule has 0 atom stereocenters. The third kappa shape index (κ3) is 2.54. The number of nitrogens with zero attached hydrogens (tertiary/aromatic N) is 1. The van der Waals surface area contributed by atoms with Crippen LogP contribution in [0, 0.1) is 0 Å². The van der Waals surface area contributed by atoms with E-state index in [4.69, 9.17) is 0 Å². The maximum Gasteiger partial charge on any atom is 0.251 e. The summed E-state index contributed by atoms with van der Waals surface area (Å²) in [7, 11) is 0. The third-order valence-electron chi connectivity index (χ3n) is 3.24. The molecule has 4 heteroatoms. The van der Waals surface area contributed by atoms with Crippen molar-refractivity contribution in [1.29, 1.82) is 0 Å². The van der Waals surface area contributed by atoms with Gasteiger partial charge in [-0.25, -0.2) is 4.98 Å². The van der Waals surface area contributed by atoms with Gasteiger partial charge in [0.15, 0.2) is 0 Å². The van der Waals surface area contributed by atoms with Crippen LogP contribution in [0.2, 0.25) is 0 Å². The predicted molar refractivity (Wildman–Crippen MR) is 78.6 cm³/mol. The van der Waals surface area contributed by atoms with Crippen LogP contribution in [0.3, 0.4) is 0 Å². The quantitative estimate of drug-likeness (QED) is 0.761. The van der Waals surface area contributed by atoms with Gasteiger partial charge in [-0.1, -0.05) is 36.4 Å². The average Bonchev–Trinajstić information content (AvgIpc) is 3.00. The van der Waals surface area contributed by atoms with E-state index in [1.165, 1.54) is 0 Å². The van der Waals surface area contributed by atoms with E-state index in [0.29, 0.717) is 18.5 Å². The van der Waals surface area contributed by atoms with Crippen LogP contribution in [0.15, 0.2) is 54.9 Å². The Labute approximate surface area is 116 Å². The molecule has 0 aliphatic rings. The number of benzene rings is 2. The molecule has 0 bridgehead atoms. The summed E-state index contributed by atoms with van der Waals surface area (Å²) >= 11 is 0. The molecule has 0 aliphatic heterocycles. The summed E-state index contributed by atoms with van der Waals surface area (Å²) in [6.07, 6.45) is 4.19. The Morgan fingerprint density at radius 2 is 2.00 bits per heavy atom. The van der Waals surface area contributed by atoms with Crippen LogP contribution in [0.5, 0.6) is 0 Å². The number of nitrogens with one attached hydrogen (secondary N) is 2. The summed E-state index contributed by atoms with van der Waals surface area (Å²) in [6.45, 7) is 0.565. The summed E-state index contributed by atoms with van der Waals surface area (Å²) in [6, 6.07) is 13.7. The van der Waals surface area contributed by atoms with E-state index in [1.54, 1.807) is 12.4 Å². The van der Waals surface area contributed by atoms with Gasteiger partial charge < -0.3 is 10.3 Å². The van der Waals surface area contributed by atoms with Gasteiger partial charge in [0.25, 0.3) is 5.91 Å². The van der Waals surface area contributed by atoms with E-state index in [9.17, 15) is 4.79 Å². The van der Waals surface area contributed by atoms with Gasteiger partial charge in [-0.05, 0) is 16.8 Å². The summed E-state index contributed by atoms with van der Waals surface area (Å²) in [4.78, 5) is 19.4. The van der Waals surface area contributed by atoms with Gasteiger partial charge >= 0.3 is 0 Å². The molecule has 0 aliphatic carbocycles. The Morgan fingerprint density at radius 1 is 1.15 bits per heavy atom. The first-order valence-electron chi connectivity index (χ1n) is 6.59. The maximum absolute atomic E-state index is 12.2. The Bertz CT molecular complexity index is 714. The number of aromatic nitrogens is 2. The Morgan fingerprint density at radius 3 is 2.85 bits per heavy atom. The Balaban J connectivity index is 1.72. The minimum atomic E-state index is -0.0478. The molecule has 3 rings (SSSR count). The van der Waals surface area contributed by atoms with E-state index < -0.39 is 0 Å². The average molecular weight is 265 g/mol. The van der Waals surface area contributed by atoms with Crippen LogP contribution in [-0.4, -0.2) is 22.4 Å². The number of hydrogen-bond donors (Lipinski definition) is 2. The van der Waals surface area contributed by atoms with Crippen molar-refractivity contribution in [3.05, 3.63) is 66.2 Å². The number of hydrogen-bond acceptors (Lipinski definition) is 2. The van der Waals surface area contributed by atoms with Crippen molar-refractivity contribution in [3.8, 4) is 0 Å². The SMILES string of the molecule is O=C(NCCc1ncc[nH]1)c1cccc2ccccc12. The molecule has 1 aromatic heterocycles. The number of H-pyrrole nitrogens is 1. The lowest BCUT2D eigenvalue weighted by molar-refractivity contribution is 0.0955. The largest absolute Gasteiger partial charge is 0.352 e. The predicted octanol–water partition coefficient (Wildman–Crippen LogP) is 2.54. The smallest absolute Gasteiger partial charge is 0.251 e. The third-order valence-corrected chi connectivity index (χ3v) is 3.24. The zero-order valence-electron chi connectivity index (χ0n) is 11.0. The highest BCUT2D eigenvalue weighted by Gasteiger charge is 2.08. The first-order chi connectivity index (χ1) is 9.84. The molecule has 0 radical (unpaired) electrons. The zero-order chi connectivity index (χ0) is 13.8. The number of amides is 1. The number of rotatable bonds is 4. The molecule has 4 nitrogen and oxygen atoms in total. The second kappa shape index (κ2) is 5.57. The molecule has 0 saturated heterocycles. The molecular formula is C16H15N3O. The molecule has 0 unspecified atom stereocenters. The fourth-order valence-electron chi connectivity index (χ4n) is 2.25. The second-order valence-corrected chi connectivity index (χ2v) is 4.57. The molecular weight excluding hydrogens is 250 g/mol. The Kier molecular flexibility index (Phi) is 3.46. The summed E-state index contributed by atoms with van der Waals surface area (Å²) < 4.78 is 0. The van der Waals surface area contributed by atoms with E-state index in [0.717, 1.165) is 16.6 Å². The lowest BCUT2D eigenvalue weighted by Crippen LogP contribution is -2.26. The van der Waals surface area contributed by atoms with Crippen LogP contribution in [-0.2, 0) is 6.42 Å². The fraction of sp³-hybridized carbons (Fsp3) is 0.125. The van der Waals surface area contributed by atoms with Crippen molar-refractivity contribution in [1.82, 2.24) is 15.3 Å². The van der Waals surface area contributed by atoms with E-state index in [1.807, 2.05) is 42.5 Å². The van der Waals surface area contributed by atoms with Crippen LogP contribution >= 0.6 is 0 Å². The monoisotopic (exact) mass is 265 g/mol. The maximum atomic E-state index is 12.2. The van der Waals surface area contributed by atoms with E-state index in [-0.39, 0.29) is 5.91 Å². The number of carbonyl (C=O) groups is 1. The lowest BCUT2D eigenvalue weighted by atomic mass is 10.0. The van der Waals surface area contributed by atoms with Gasteiger partial charge in [-0.15, -0.1) is 0 Å². The zero-order valence-corrected chi connectivity index (χ0v) is 11.0. The van der Waals surface area contributed by atoms with E-state index in [2.05, 4.69) is 15.3 Å². The normalized spacial score (nSPS) is 10.6. The number of carbonyl (C=O) groups excluding carboxylic acids is 1. The molecule has 2 aromatic carbocycles. The van der Waals surface area contributed by atoms with E-state index >= 15 is 0 Å². The highest BCUT2D eigenvalue weighted by Crippen LogP contribution is 2.18. The minimum absolute atomic E-state index is 0.0478. The minimum Gasteiger partial charge on any atom is -0.352 e. The van der Waals surface area contributed by atoms with Crippen molar-refractivity contribution in [2.45, 2.75) is 6.42 Å². The number of imidazole rings is 1. The van der Waals surface area contributed by atoms with Gasteiger partial charge in [0.2, 0.25) is 0 Å². The molecule has 20 heavy (non-hydrogen) atoms. The topological polar surface area (TPSA) is 57.8 Å². The van der Waals surface area contributed by atoms with Crippen LogP contribution in [0.4, 0.5) is 0 Å². The molecule has 3 aromatic rings. The first kappa shape index (κ1) is 12.4. The molecule has 0 fully saturated rings. The molecule has 100 valence electrons. The number of aromatic amines is 1. The standard InChI is InChI=1S/C16H15N3O/c20-16(19-9-8-15-17-10-11-18-15)14-7-3-5-12-4-1-2-6-13(12)14/h1-7,10-11H,8-9H2,(H,17,18)(H,19,20). The van der Waals surface area contributed by atoms with Gasteiger partial charge in [-0.2, -0.15) is 0 Å². The van der Waals surface area contributed by atoms with Crippen LogP contribution in [0.1, 0.15) is 16.2 Å². The fourth-order valence-corrected chi connectivity index (χ4v) is 2.25. The molecule has 1 amide bonds. The van der Waals surface area contributed by atoms with Gasteiger partial charge in [0, 0.05) is 30.9 Å². The van der Waals surface area contributed by atoms with Crippen molar-refractivity contribution in [2.75, 3.05) is 6.54 Å². The van der Waals surface area contributed by atoms with Crippen molar-refractivity contribution in [2.24, 2.45) is 0 Å². The van der Waals surface area contributed by atoms with Crippen LogP contribution in [0.25, 0.3) is 10.8 Å². The Hall–Kier alpha value is -2.62. The highest BCUT2D eigenvalue weighted by molar-refractivity contribution is 6.06. The summed E-state index contributed by atoms with van der Waals surface area (Å²) in [5.74, 6) is 0.830. The molecule has 0 saturated carbocycles. The van der Waals surface area contributed by atoms with Gasteiger partial charge in [0.05, 0.1) is 0 Å². The van der Waals surface area contributed by atoms with Crippen LogP contribution < -0.4 is 5.32 Å². The number of fused-ring (bicyclic) bond motifs is 1. The van der Waals surface area contributed by atoms with Crippen molar-refractivity contribution in [3.63, 3.8) is 0 Å². The lowest BCUT2D eigenvalue weighted by Gasteiger charge is -2.07. The first-order valence-corrected chi connectivity index (χ1v) is 6.59. The van der Waals surface area contributed by atoms with Gasteiger partial charge in [0.1, 0.15) is 5.82 Å². The van der Waals surface area contributed by atoms with Crippen molar-refractivity contribution >= 4 is 16.7 Å². The van der Waals surface area contributed by atoms with Crippen molar-refractivity contribution < 1.29 is 4.79 Å². The highest BCUT2D eigenvalue weighted by atomic mass is 16.1. The summed E-state index contributed by atoms with van der Waals surface area (Å²) in [5.41, 5.74) is 0.711. The molecule has 1 heterocycles. The summed E-state index contributed by atoms with van der Waals surface area (Å²) in [5, 5.41) is 4.98. The second-order valence-electron chi connectivity index (χ2n) is 4.57. The molecule has 0 spiro atoms. The van der Waals surface area contributed by atoms with Gasteiger partial charge in [-0.3, -0.25) is 4.79 Å².